The second-order valence-electron chi connectivity index (χ2n) is 3.02. The van der Waals surface area contributed by atoms with Gasteiger partial charge in [-0.1, -0.05) is 0 Å². The summed E-state index contributed by atoms with van der Waals surface area (Å²) in [6.07, 6.45) is -3.99. The van der Waals surface area contributed by atoms with Crippen molar-refractivity contribution in [3.63, 3.8) is 0 Å². The van der Waals surface area contributed by atoms with E-state index in [4.69, 9.17) is 0 Å². The molecule has 2 heterocycles. The molecule has 0 aromatic carbocycles. The lowest BCUT2D eigenvalue weighted by atomic mass is 10.1. The average Bonchev–Trinajstić information content (AvgIpc) is 2.45. The van der Waals surface area contributed by atoms with E-state index in [2.05, 4.69) is 5.32 Å². The fourth-order valence-electron chi connectivity index (χ4n) is 1.22. The highest BCUT2D eigenvalue weighted by Gasteiger charge is 2.35. The number of β-lactam (4-membered cyclic amide) rings is 1. The molecule has 1 aromatic heterocycles. The highest BCUT2D eigenvalue weighted by Crippen LogP contribution is 2.38. The van der Waals surface area contributed by atoms with E-state index in [0.717, 1.165) is 6.07 Å². The lowest BCUT2D eigenvalue weighted by molar-refractivity contribution is -0.134. The molecule has 1 aliphatic heterocycles. The molecule has 0 spiro atoms. The summed E-state index contributed by atoms with van der Waals surface area (Å²) in [6, 6.07) is 2.24. The van der Waals surface area contributed by atoms with Gasteiger partial charge in [-0.15, -0.1) is 11.3 Å². The molecule has 0 saturated carbocycles. The van der Waals surface area contributed by atoms with Crippen molar-refractivity contribution >= 4 is 17.2 Å². The predicted molar refractivity (Wildman–Crippen MR) is 44.8 cm³/mol. The van der Waals surface area contributed by atoms with Crippen molar-refractivity contribution in [2.45, 2.75) is 18.6 Å². The zero-order chi connectivity index (χ0) is 10.3. The Bertz CT molecular complexity index is 363. The standard InChI is InChI=1S/C8H6F3NOS/c9-8(10,11)6-2-1-5(14-6)4-3-7(13)12-4/h1-2,4H,3H2,(H,12,13). The Morgan fingerprint density at radius 1 is 1.43 bits per heavy atom. The lowest BCUT2D eigenvalue weighted by Crippen LogP contribution is -2.40. The quantitative estimate of drug-likeness (QED) is 0.724. The van der Waals surface area contributed by atoms with Crippen LogP contribution in [0.1, 0.15) is 22.2 Å². The van der Waals surface area contributed by atoms with Gasteiger partial charge in [0.2, 0.25) is 5.91 Å². The predicted octanol–water partition coefficient (Wildman–Crippen LogP) is 2.33. The molecule has 1 unspecified atom stereocenters. The number of nitrogens with one attached hydrogen (secondary N) is 1. The van der Waals surface area contributed by atoms with Gasteiger partial charge in [-0.3, -0.25) is 4.79 Å². The SMILES string of the molecule is O=C1CC(c2ccc(C(F)(F)F)s2)N1. The number of carbonyl (C=O) groups is 1. The van der Waals surface area contributed by atoms with Gasteiger partial charge in [0.25, 0.3) is 0 Å². The minimum absolute atomic E-state index is 0.114. The molecule has 0 bridgehead atoms. The molecule has 2 rings (SSSR count). The monoisotopic (exact) mass is 221 g/mol. The number of halogens is 3. The molecule has 1 aliphatic rings. The van der Waals surface area contributed by atoms with Crippen molar-refractivity contribution in [1.29, 1.82) is 0 Å². The van der Waals surface area contributed by atoms with Gasteiger partial charge >= 0.3 is 6.18 Å². The van der Waals surface area contributed by atoms with E-state index in [1.807, 2.05) is 0 Å². The Morgan fingerprint density at radius 3 is 2.50 bits per heavy atom. The van der Waals surface area contributed by atoms with Gasteiger partial charge in [-0.2, -0.15) is 13.2 Å². The van der Waals surface area contributed by atoms with Crippen LogP contribution in [0.4, 0.5) is 13.2 Å². The van der Waals surface area contributed by atoms with Crippen molar-refractivity contribution < 1.29 is 18.0 Å². The van der Waals surface area contributed by atoms with E-state index < -0.39 is 11.1 Å². The van der Waals surface area contributed by atoms with Crippen molar-refractivity contribution in [2.24, 2.45) is 0 Å². The lowest BCUT2D eigenvalue weighted by Gasteiger charge is -2.25. The normalized spacial score (nSPS) is 21.6. The number of hydrogen-bond acceptors (Lipinski definition) is 2. The van der Waals surface area contributed by atoms with E-state index in [0.29, 0.717) is 16.2 Å². The number of carbonyl (C=O) groups excluding carboxylic acids is 1. The van der Waals surface area contributed by atoms with Crippen LogP contribution >= 0.6 is 11.3 Å². The number of thiophene rings is 1. The number of amides is 1. The third-order valence-electron chi connectivity index (χ3n) is 1.97. The number of hydrogen-bond donors (Lipinski definition) is 1. The van der Waals surface area contributed by atoms with Crippen LogP contribution in [0, 0.1) is 0 Å². The van der Waals surface area contributed by atoms with E-state index in [1.54, 1.807) is 0 Å². The van der Waals surface area contributed by atoms with Crippen LogP contribution in [0.15, 0.2) is 12.1 Å². The third kappa shape index (κ3) is 1.61. The zero-order valence-electron chi connectivity index (χ0n) is 6.89. The van der Waals surface area contributed by atoms with Crippen LogP contribution in [0.5, 0.6) is 0 Å². The van der Waals surface area contributed by atoms with Gasteiger partial charge in [0, 0.05) is 4.88 Å². The van der Waals surface area contributed by atoms with Gasteiger partial charge in [0.15, 0.2) is 0 Å². The van der Waals surface area contributed by atoms with E-state index in [-0.39, 0.29) is 18.4 Å². The molecule has 0 aliphatic carbocycles. The molecule has 1 N–H and O–H groups in total. The smallest absolute Gasteiger partial charge is 0.348 e. The Hall–Kier alpha value is -1.04. The van der Waals surface area contributed by atoms with Crippen LogP contribution in [-0.2, 0) is 11.0 Å². The van der Waals surface area contributed by atoms with E-state index >= 15 is 0 Å². The molecule has 1 amide bonds. The van der Waals surface area contributed by atoms with Crippen molar-refractivity contribution in [3.05, 3.63) is 21.9 Å². The second kappa shape index (κ2) is 2.98. The largest absolute Gasteiger partial charge is 0.425 e. The van der Waals surface area contributed by atoms with Gasteiger partial charge in [-0.05, 0) is 12.1 Å². The summed E-state index contributed by atoms with van der Waals surface area (Å²) < 4.78 is 36.6. The highest BCUT2D eigenvalue weighted by atomic mass is 32.1. The Kier molecular flexibility index (Phi) is 2.02. The molecule has 6 heteroatoms. The number of rotatable bonds is 1. The number of alkyl halides is 3. The van der Waals surface area contributed by atoms with Crippen LogP contribution in [0.25, 0.3) is 0 Å². The fraction of sp³-hybridized carbons (Fsp3) is 0.375. The molecule has 1 fully saturated rings. The summed E-state index contributed by atoms with van der Waals surface area (Å²) in [5, 5.41) is 2.53. The minimum atomic E-state index is -4.28. The summed E-state index contributed by atoms with van der Waals surface area (Å²) in [5.41, 5.74) is 0. The highest BCUT2D eigenvalue weighted by molar-refractivity contribution is 7.12. The molecule has 1 saturated heterocycles. The molecule has 14 heavy (non-hydrogen) atoms. The molecule has 2 nitrogen and oxygen atoms in total. The summed E-state index contributed by atoms with van der Waals surface area (Å²) >= 11 is 0.686. The first-order valence-electron chi connectivity index (χ1n) is 3.93. The first-order valence-corrected chi connectivity index (χ1v) is 4.75. The molecule has 1 aromatic rings. The maximum Gasteiger partial charge on any atom is 0.425 e. The van der Waals surface area contributed by atoms with Crippen molar-refractivity contribution in [3.8, 4) is 0 Å². The Labute approximate surface area is 81.7 Å². The average molecular weight is 221 g/mol. The van der Waals surface area contributed by atoms with Gasteiger partial charge in [0.1, 0.15) is 4.88 Å². The molecule has 76 valence electrons. The molecular formula is C8H6F3NOS. The first-order chi connectivity index (χ1) is 6.47. The van der Waals surface area contributed by atoms with Crippen LogP contribution in [0.2, 0.25) is 0 Å². The van der Waals surface area contributed by atoms with Gasteiger partial charge in [0.05, 0.1) is 12.5 Å². The van der Waals surface area contributed by atoms with Crippen molar-refractivity contribution in [1.82, 2.24) is 5.32 Å². The topological polar surface area (TPSA) is 29.1 Å². The first kappa shape index (κ1) is 9.51. The zero-order valence-corrected chi connectivity index (χ0v) is 7.71. The molecule has 1 atom stereocenters. The van der Waals surface area contributed by atoms with E-state index in [1.165, 1.54) is 6.07 Å². The van der Waals surface area contributed by atoms with Gasteiger partial charge in [-0.25, -0.2) is 0 Å². The van der Waals surface area contributed by atoms with Gasteiger partial charge < -0.3 is 5.32 Å². The summed E-state index contributed by atoms with van der Waals surface area (Å²) in [4.78, 5) is 10.5. The Balaban J connectivity index is 2.14. The molecule has 0 radical (unpaired) electrons. The summed E-state index contributed by atoms with van der Waals surface area (Å²) in [7, 11) is 0. The van der Waals surface area contributed by atoms with Crippen LogP contribution < -0.4 is 5.32 Å². The van der Waals surface area contributed by atoms with E-state index in [9.17, 15) is 18.0 Å². The fourth-order valence-corrected chi connectivity index (χ4v) is 2.15. The second-order valence-corrected chi connectivity index (χ2v) is 4.14. The Morgan fingerprint density at radius 2 is 2.07 bits per heavy atom. The minimum Gasteiger partial charge on any atom is -0.348 e. The van der Waals surface area contributed by atoms with Crippen LogP contribution in [-0.4, -0.2) is 5.91 Å². The maximum atomic E-state index is 12.2. The van der Waals surface area contributed by atoms with Crippen LogP contribution in [0.3, 0.4) is 0 Å². The molecular weight excluding hydrogens is 215 g/mol. The maximum absolute atomic E-state index is 12.2. The summed E-state index contributed by atoms with van der Waals surface area (Å²) in [5.74, 6) is -0.114. The van der Waals surface area contributed by atoms with Crippen molar-refractivity contribution in [2.75, 3.05) is 0 Å². The third-order valence-corrected chi connectivity index (χ3v) is 3.22. The summed E-state index contributed by atoms with van der Waals surface area (Å²) in [6.45, 7) is 0.